The van der Waals surface area contributed by atoms with Crippen LogP contribution in [-0.4, -0.2) is 25.0 Å². The predicted molar refractivity (Wildman–Crippen MR) is 80.9 cm³/mol. The molecule has 5 nitrogen and oxygen atoms in total. The standard InChI is InChI=1S/C15H23N3O2/c1-4-5-8-16-15(20)18-14(19)10-17-13-7-6-11(2)12(3)9-13/h6-7,9,17H,4-5,8,10H2,1-3H3,(H2,16,18,19,20). The Balaban J connectivity index is 2.32. The van der Waals surface area contributed by atoms with Crippen LogP contribution in [0.2, 0.25) is 0 Å². The van der Waals surface area contributed by atoms with E-state index in [9.17, 15) is 9.59 Å². The van der Waals surface area contributed by atoms with Crippen molar-refractivity contribution >= 4 is 17.6 Å². The molecule has 0 bridgehead atoms. The second-order valence-electron chi connectivity index (χ2n) is 4.81. The van der Waals surface area contributed by atoms with Crippen LogP contribution in [0.15, 0.2) is 18.2 Å². The highest BCUT2D eigenvalue weighted by atomic mass is 16.2. The molecule has 5 heteroatoms. The number of nitrogens with one attached hydrogen (secondary N) is 3. The molecule has 0 saturated heterocycles. The van der Waals surface area contributed by atoms with Gasteiger partial charge in [-0.25, -0.2) is 4.79 Å². The summed E-state index contributed by atoms with van der Waals surface area (Å²) in [4.78, 5) is 22.9. The molecule has 0 aliphatic carbocycles. The molecule has 0 aromatic heterocycles. The number of hydrogen-bond donors (Lipinski definition) is 3. The van der Waals surface area contributed by atoms with Gasteiger partial charge in [0.15, 0.2) is 0 Å². The van der Waals surface area contributed by atoms with Gasteiger partial charge in [-0.05, 0) is 43.5 Å². The molecular formula is C15H23N3O2. The van der Waals surface area contributed by atoms with E-state index in [0.717, 1.165) is 24.1 Å². The number of aryl methyl sites for hydroxylation is 2. The summed E-state index contributed by atoms with van der Waals surface area (Å²) < 4.78 is 0. The van der Waals surface area contributed by atoms with Crippen molar-refractivity contribution in [3.05, 3.63) is 29.3 Å². The van der Waals surface area contributed by atoms with Crippen LogP contribution < -0.4 is 16.0 Å². The largest absolute Gasteiger partial charge is 0.376 e. The Morgan fingerprint density at radius 2 is 1.90 bits per heavy atom. The molecule has 0 unspecified atom stereocenters. The van der Waals surface area contributed by atoms with Gasteiger partial charge in [-0.15, -0.1) is 0 Å². The molecule has 3 amide bonds. The maximum absolute atomic E-state index is 11.6. The van der Waals surface area contributed by atoms with E-state index in [1.807, 2.05) is 39.0 Å². The number of carbonyl (C=O) groups is 2. The smallest absolute Gasteiger partial charge is 0.321 e. The second kappa shape index (κ2) is 8.19. The Bertz CT molecular complexity index is 472. The Hall–Kier alpha value is -2.04. The normalized spacial score (nSPS) is 9.95. The van der Waals surface area contributed by atoms with E-state index < -0.39 is 6.03 Å². The van der Waals surface area contributed by atoms with Crippen LogP contribution in [-0.2, 0) is 4.79 Å². The minimum absolute atomic E-state index is 0.0731. The number of imide groups is 1. The fourth-order valence-corrected chi connectivity index (χ4v) is 1.63. The van der Waals surface area contributed by atoms with Crippen LogP contribution in [0.3, 0.4) is 0 Å². The van der Waals surface area contributed by atoms with E-state index in [0.29, 0.717) is 6.54 Å². The van der Waals surface area contributed by atoms with Gasteiger partial charge in [0, 0.05) is 12.2 Å². The maximum Gasteiger partial charge on any atom is 0.321 e. The molecule has 0 saturated carbocycles. The molecule has 110 valence electrons. The Morgan fingerprint density at radius 1 is 1.15 bits per heavy atom. The minimum Gasteiger partial charge on any atom is -0.376 e. The van der Waals surface area contributed by atoms with Crippen molar-refractivity contribution in [1.29, 1.82) is 0 Å². The SMILES string of the molecule is CCCCNC(=O)NC(=O)CNc1ccc(C)c(C)c1. The van der Waals surface area contributed by atoms with Gasteiger partial charge in [0.2, 0.25) is 5.91 Å². The number of anilines is 1. The molecule has 0 fully saturated rings. The summed E-state index contributed by atoms with van der Waals surface area (Å²) in [5.41, 5.74) is 3.23. The zero-order chi connectivity index (χ0) is 15.0. The van der Waals surface area contributed by atoms with Crippen LogP contribution >= 0.6 is 0 Å². The molecule has 0 radical (unpaired) electrons. The third kappa shape index (κ3) is 5.73. The van der Waals surface area contributed by atoms with Crippen LogP contribution in [0.4, 0.5) is 10.5 Å². The topological polar surface area (TPSA) is 70.2 Å². The summed E-state index contributed by atoms with van der Waals surface area (Å²) in [7, 11) is 0. The summed E-state index contributed by atoms with van der Waals surface area (Å²) >= 11 is 0. The monoisotopic (exact) mass is 277 g/mol. The fourth-order valence-electron chi connectivity index (χ4n) is 1.63. The van der Waals surface area contributed by atoms with Crippen molar-refractivity contribution in [2.75, 3.05) is 18.4 Å². The quantitative estimate of drug-likeness (QED) is 0.699. The Morgan fingerprint density at radius 3 is 2.55 bits per heavy atom. The number of hydrogen-bond acceptors (Lipinski definition) is 3. The first-order valence-electron chi connectivity index (χ1n) is 6.91. The van der Waals surface area contributed by atoms with E-state index in [4.69, 9.17) is 0 Å². The Kier molecular flexibility index (Phi) is 6.56. The van der Waals surface area contributed by atoms with Gasteiger partial charge in [0.1, 0.15) is 0 Å². The van der Waals surface area contributed by atoms with E-state index in [1.165, 1.54) is 5.56 Å². The van der Waals surface area contributed by atoms with Crippen molar-refractivity contribution in [3.8, 4) is 0 Å². The van der Waals surface area contributed by atoms with Gasteiger partial charge in [0.05, 0.1) is 6.54 Å². The lowest BCUT2D eigenvalue weighted by Crippen LogP contribution is -2.42. The highest BCUT2D eigenvalue weighted by Crippen LogP contribution is 2.13. The number of carbonyl (C=O) groups excluding carboxylic acids is 2. The molecule has 0 heterocycles. The number of benzene rings is 1. The minimum atomic E-state index is -0.440. The van der Waals surface area contributed by atoms with E-state index in [1.54, 1.807) is 0 Å². The summed E-state index contributed by atoms with van der Waals surface area (Å²) in [6.07, 6.45) is 1.91. The third-order valence-electron chi connectivity index (χ3n) is 3.03. The zero-order valence-corrected chi connectivity index (χ0v) is 12.4. The first-order chi connectivity index (χ1) is 9.52. The lowest BCUT2D eigenvalue weighted by Gasteiger charge is -2.09. The van der Waals surface area contributed by atoms with Gasteiger partial charge in [-0.1, -0.05) is 19.4 Å². The number of rotatable bonds is 6. The fraction of sp³-hybridized carbons (Fsp3) is 0.467. The molecule has 1 rings (SSSR count). The molecular weight excluding hydrogens is 254 g/mol. The first-order valence-corrected chi connectivity index (χ1v) is 6.91. The molecule has 0 aliphatic heterocycles. The maximum atomic E-state index is 11.6. The molecule has 20 heavy (non-hydrogen) atoms. The van der Waals surface area contributed by atoms with Crippen LogP contribution in [0.1, 0.15) is 30.9 Å². The van der Waals surface area contributed by atoms with E-state index >= 15 is 0 Å². The summed E-state index contributed by atoms with van der Waals surface area (Å²) in [5, 5.41) is 7.91. The van der Waals surface area contributed by atoms with Crippen molar-refractivity contribution in [1.82, 2.24) is 10.6 Å². The number of unbranched alkanes of at least 4 members (excludes halogenated alkanes) is 1. The van der Waals surface area contributed by atoms with Crippen LogP contribution in [0.25, 0.3) is 0 Å². The highest BCUT2D eigenvalue weighted by Gasteiger charge is 2.06. The average molecular weight is 277 g/mol. The van der Waals surface area contributed by atoms with Crippen LogP contribution in [0.5, 0.6) is 0 Å². The second-order valence-corrected chi connectivity index (χ2v) is 4.81. The lowest BCUT2D eigenvalue weighted by atomic mass is 10.1. The van der Waals surface area contributed by atoms with E-state index in [-0.39, 0.29) is 12.5 Å². The Labute approximate surface area is 120 Å². The first kappa shape index (κ1) is 16.0. The third-order valence-corrected chi connectivity index (χ3v) is 3.03. The van der Waals surface area contributed by atoms with Crippen LogP contribution in [0, 0.1) is 13.8 Å². The van der Waals surface area contributed by atoms with Crippen molar-refractivity contribution in [3.63, 3.8) is 0 Å². The summed E-state index contributed by atoms with van der Waals surface area (Å²) in [6.45, 7) is 6.75. The molecule has 3 N–H and O–H groups in total. The number of urea groups is 1. The van der Waals surface area contributed by atoms with Gasteiger partial charge in [-0.2, -0.15) is 0 Å². The van der Waals surface area contributed by atoms with Crippen molar-refractivity contribution < 1.29 is 9.59 Å². The number of amides is 3. The molecule has 0 atom stereocenters. The lowest BCUT2D eigenvalue weighted by molar-refractivity contribution is -0.118. The predicted octanol–water partition coefficient (Wildman–Crippen LogP) is 2.34. The molecule has 1 aromatic carbocycles. The van der Waals surface area contributed by atoms with Crippen molar-refractivity contribution in [2.24, 2.45) is 0 Å². The van der Waals surface area contributed by atoms with Gasteiger partial charge < -0.3 is 10.6 Å². The molecule has 0 aliphatic rings. The highest BCUT2D eigenvalue weighted by molar-refractivity contribution is 5.96. The average Bonchev–Trinajstić information content (AvgIpc) is 2.40. The zero-order valence-electron chi connectivity index (χ0n) is 12.4. The summed E-state index contributed by atoms with van der Waals surface area (Å²) in [6, 6.07) is 5.44. The van der Waals surface area contributed by atoms with Gasteiger partial charge >= 0.3 is 6.03 Å². The molecule has 0 spiro atoms. The van der Waals surface area contributed by atoms with Gasteiger partial charge in [0.25, 0.3) is 0 Å². The molecule has 1 aromatic rings. The summed E-state index contributed by atoms with van der Waals surface area (Å²) in [5.74, 6) is -0.350. The van der Waals surface area contributed by atoms with Crippen molar-refractivity contribution in [2.45, 2.75) is 33.6 Å². The van der Waals surface area contributed by atoms with E-state index in [2.05, 4.69) is 16.0 Å². The van der Waals surface area contributed by atoms with Gasteiger partial charge in [-0.3, -0.25) is 10.1 Å².